The average Bonchev–Trinajstić information content (AvgIpc) is 2.56. The topological polar surface area (TPSA) is 21.7 Å². The first-order valence-electron chi connectivity index (χ1n) is 5.55. The van der Waals surface area contributed by atoms with Crippen LogP contribution in [0, 0.1) is 0 Å². The normalized spacial score (nSPS) is 29.7. The summed E-state index contributed by atoms with van der Waals surface area (Å²) >= 11 is 0. The second kappa shape index (κ2) is 3.34. The molecule has 0 aromatic rings. The van der Waals surface area contributed by atoms with Gasteiger partial charge in [0.25, 0.3) is 0 Å². The largest absolute Gasteiger partial charge is 0.491 e. The molecule has 1 fully saturated rings. The fourth-order valence-electron chi connectivity index (χ4n) is 1.88. The maximum Gasteiger partial charge on any atom is 0.491 e. The molecule has 0 bridgehead atoms. The lowest BCUT2D eigenvalue weighted by atomic mass is 9.79. The molecule has 0 amide bonds. The fourth-order valence-corrected chi connectivity index (χ4v) is 1.88. The zero-order chi connectivity index (χ0) is 11.3. The Morgan fingerprint density at radius 1 is 1.20 bits per heavy atom. The van der Waals surface area contributed by atoms with Crippen molar-refractivity contribution in [3.63, 3.8) is 0 Å². The van der Waals surface area contributed by atoms with E-state index in [2.05, 4.69) is 45.7 Å². The van der Waals surface area contributed by atoms with Crippen LogP contribution in [0.5, 0.6) is 0 Å². The third-order valence-electron chi connectivity index (χ3n) is 3.67. The monoisotopic (exact) mass is 209 g/mol. The van der Waals surface area contributed by atoms with Crippen LogP contribution >= 0.6 is 0 Å². The molecular formula is C11H20BNO2. The van der Waals surface area contributed by atoms with Crippen molar-refractivity contribution in [2.75, 3.05) is 20.1 Å². The third kappa shape index (κ3) is 1.86. The Bertz CT molecular complexity index is 283. The summed E-state index contributed by atoms with van der Waals surface area (Å²) in [6, 6.07) is 0. The summed E-state index contributed by atoms with van der Waals surface area (Å²) in [5, 5.41) is 0. The van der Waals surface area contributed by atoms with Gasteiger partial charge in [0.05, 0.1) is 11.2 Å². The molecule has 15 heavy (non-hydrogen) atoms. The van der Waals surface area contributed by atoms with E-state index in [-0.39, 0.29) is 18.3 Å². The first-order valence-corrected chi connectivity index (χ1v) is 5.55. The van der Waals surface area contributed by atoms with E-state index < -0.39 is 0 Å². The molecule has 0 spiro atoms. The molecule has 2 aliphatic rings. The van der Waals surface area contributed by atoms with Gasteiger partial charge < -0.3 is 9.31 Å². The first kappa shape index (κ1) is 11.2. The Kier molecular flexibility index (Phi) is 2.49. The van der Waals surface area contributed by atoms with Crippen LogP contribution in [0.4, 0.5) is 0 Å². The summed E-state index contributed by atoms with van der Waals surface area (Å²) in [6.45, 7) is 10.3. The van der Waals surface area contributed by atoms with Gasteiger partial charge in [-0.1, -0.05) is 6.08 Å². The van der Waals surface area contributed by atoms with Gasteiger partial charge in [-0.3, -0.25) is 4.90 Å². The molecule has 4 heteroatoms. The molecule has 0 aromatic heterocycles. The minimum Gasteiger partial charge on any atom is -0.400 e. The highest BCUT2D eigenvalue weighted by molar-refractivity contribution is 6.54. The average molecular weight is 209 g/mol. The van der Waals surface area contributed by atoms with Crippen LogP contribution < -0.4 is 0 Å². The maximum absolute atomic E-state index is 5.98. The Morgan fingerprint density at radius 3 is 2.13 bits per heavy atom. The molecule has 2 aliphatic heterocycles. The van der Waals surface area contributed by atoms with Gasteiger partial charge in [0, 0.05) is 13.1 Å². The second-order valence-electron chi connectivity index (χ2n) is 5.56. The molecule has 0 aliphatic carbocycles. The third-order valence-corrected chi connectivity index (χ3v) is 3.67. The lowest BCUT2D eigenvalue weighted by Gasteiger charge is -2.32. The van der Waals surface area contributed by atoms with Crippen molar-refractivity contribution in [3.8, 4) is 0 Å². The molecule has 1 saturated heterocycles. The van der Waals surface area contributed by atoms with Crippen LogP contribution in [-0.2, 0) is 9.31 Å². The lowest BCUT2D eigenvalue weighted by Crippen LogP contribution is -2.41. The molecule has 0 radical (unpaired) electrons. The van der Waals surface area contributed by atoms with Crippen LogP contribution in [0.1, 0.15) is 27.7 Å². The van der Waals surface area contributed by atoms with Gasteiger partial charge in [-0.2, -0.15) is 0 Å². The molecule has 3 nitrogen and oxygen atoms in total. The molecule has 0 aromatic carbocycles. The number of hydrogen-bond donors (Lipinski definition) is 0. The summed E-state index contributed by atoms with van der Waals surface area (Å²) in [4.78, 5) is 2.25. The summed E-state index contributed by atoms with van der Waals surface area (Å²) in [5.41, 5.74) is 0.815. The standard InChI is InChI=1S/C11H20BNO2/c1-10(2)11(3,4)15-12(14-10)9-6-7-13(5)8-9/h6H,7-8H2,1-5H3. The summed E-state index contributed by atoms with van der Waals surface area (Å²) in [7, 11) is 1.95. The SMILES string of the molecule is CN1CC=C(B2OC(C)(C)C(C)(C)O2)C1. The minimum absolute atomic E-state index is 0.153. The van der Waals surface area contributed by atoms with E-state index >= 15 is 0 Å². The van der Waals surface area contributed by atoms with Crippen LogP contribution in [0.2, 0.25) is 0 Å². The lowest BCUT2D eigenvalue weighted by molar-refractivity contribution is 0.00578. The predicted octanol–water partition coefficient (Wildman–Crippen LogP) is 1.49. The highest BCUT2D eigenvalue weighted by Crippen LogP contribution is 2.38. The van der Waals surface area contributed by atoms with Crippen molar-refractivity contribution in [2.45, 2.75) is 38.9 Å². The van der Waals surface area contributed by atoms with Crippen molar-refractivity contribution >= 4 is 7.12 Å². The fraction of sp³-hybridized carbons (Fsp3) is 0.818. The van der Waals surface area contributed by atoms with Crippen LogP contribution in [0.3, 0.4) is 0 Å². The Balaban J connectivity index is 2.10. The maximum atomic E-state index is 5.98. The van der Waals surface area contributed by atoms with Gasteiger partial charge in [-0.15, -0.1) is 0 Å². The van der Waals surface area contributed by atoms with E-state index in [9.17, 15) is 0 Å². The predicted molar refractivity (Wildman–Crippen MR) is 61.7 cm³/mol. The van der Waals surface area contributed by atoms with Crippen molar-refractivity contribution in [2.24, 2.45) is 0 Å². The van der Waals surface area contributed by atoms with E-state index in [1.165, 1.54) is 5.47 Å². The Labute approximate surface area is 92.6 Å². The number of rotatable bonds is 1. The molecular weight excluding hydrogens is 189 g/mol. The van der Waals surface area contributed by atoms with Crippen molar-refractivity contribution < 1.29 is 9.31 Å². The van der Waals surface area contributed by atoms with Crippen molar-refractivity contribution in [1.29, 1.82) is 0 Å². The van der Waals surface area contributed by atoms with Gasteiger partial charge in [0.1, 0.15) is 0 Å². The number of likely N-dealkylation sites (N-methyl/N-ethyl adjacent to an activating group) is 1. The van der Waals surface area contributed by atoms with E-state index in [0.29, 0.717) is 0 Å². The van der Waals surface area contributed by atoms with E-state index in [0.717, 1.165) is 13.1 Å². The van der Waals surface area contributed by atoms with Crippen LogP contribution in [0.25, 0.3) is 0 Å². The highest BCUT2D eigenvalue weighted by Gasteiger charge is 2.52. The van der Waals surface area contributed by atoms with Gasteiger partial charge in [-0.05, 0) is 40.2 Å². The molecule has 84 valence electrons. The summed E-state index contributed by atoms with van der Waals surface area (Å²) in [6.07, 6.45) is 2.21. The summed E-state index contributed by atoms with van der Waals surface area (Å²) < 4.78 is 12.0. The van der Waals surface area contributed by atoms with Gasteiger partial charge in [-0.25, -0.2) is 0 Å². The molecule has 0 atom stereocenters. The van der Waals surface area contributed by atoms with E-state index in [1.807, 2.05) is 0 Å². The Hall–Kier alpha value is -0.315. The zero-order valence-electron chi connectivity index (χ0n) is 10.3. The second-order valence-corrected chi connectivity index (χ2v) is 5.56. The van der Waals surface area contributed by atoms with E-state index in [1.54, 1.807) is 0 Å². The molecule has 2 heterocycles. The quantitative estimate of drug-likeness (QED) is 0.610. The molecule has 0 saturated carbocycles. The first-order chi connectivity index (χ1) is 6.82. The highest BCUT2D eigenvalue weighted by atomic mass is 16.7. The number of hydrogen-bond acceptors (Lipinski definition) is 3. The number of nitrogens with zero attached hydrogens (tertiary/aromatic N) is 1. The minimum atomic E-state index is -0.223. The van der Waals surface area contributed by atoms with Crippen LogP contribution in [-0.4, -0.2) is 43.4 Å². The molecule has 2 rings (SSSR count). The molecule has 0 N–H and O–H groups in total. The van der Waals surface area contributed by atoms with Gasteiger partial charge >= 0.3 is 7.12 Å². The Morgan fingerprint density at radius 2 is 1.73 bits per heavy atom. The van der Waals surface area contributed by atoms with Gasteiger partial charge in [0.2, 0.25) is 0 Å². The zero-order valence-corrected chi connectivity index (χ0v) is 10.3. The smallest absolute Gasteiger partial charge is 0.400 e. The molecule has 0 unspecified atom stereocenters. The van der Waals surface area contributed by atoms with Crippen molar-refractivity contribution in [3.05, 3.63) is 11.5 Å². The summed E-state index contributed by atoms with van der Waals surface area (Å²) in [5.74, 6) is 0. The van der Waals surface area contributed by atoms with Crippen molar-refractivity contribution in [1.82, 2.24) is 4.90 Å². The van der Waals surface area contributed by atoms with E-state index in [4.69, 9.17) is 9.31 Å². The van der Waals surface area contributed by atoms with Gasteiger partial charge in [0.15, 0.2) is 0 Å². The van der Waals surface area contributed by atoms with Crippen LogP contribution in [0.15, 0.2) is 11.5 Å².